The summed E-state index contributed by atoms with van der Waals surface area (Å²) in [6.07, 6.45) is 3.77. The second-order valence-corrected chi connectivity index (χ2v) is 5.61. The van der Waals surface area contributed by atoms with Crippen LogP contribution in [0.5, 0.6) is 0 Å². The Morgan fingerprint density at radius 3 is 2.53 bits per heavy atom. The first-order valence-corrected chi connectivity index (χ1v) is 7.24. The van der Waals surface area contributed by atoms with Gasteiger partial charge >= 0.3 is 0 Å². The Morgan fingerprint density at radius 2 is 2.06 bits per heavy atom. The number of nitrogens with zero attached hydrogens (tertiary/aromatic N) is 2. The fraction of sp³-hybridized carbons (Fsp3) is 1.00. The molecule has 1 saturated heterocycles. The topological polar surface area (TPSA) is 18.5 Å². The molecule has 102 valence electrons. The van der Waals surface area contributed by atoms with Gasteiger partial charge in [0, 0.05) is 31.2 Å². The highest BCUT2D eigenvalue weighted by molar-refractivity contribution is 4.88. The molecule has 0 saturated carbocycles. The Morgan fingerprint density at radius 1 is 1.35 bits per heavy atom. The third kappa shape index (κ3) is 4.23. The van der Waals surface area contributed by atoms with Crippen LogP contribution in [0.2, 0.25) is 0 Å². The number of nitrogens with one attached hydrogen (secondary N) is 1. The molecule has 3 nitrogen and oxygen atoms in total. The van der Waals surface area contributed by atoms with Gasteiger partial charge in [0.15, 0.2) is 0 Å². The van der Waals surface area contributed by atoms with Crippen LogP contribution in [0.4, 0.5) is 0 Å². The lowest BCUT2D eigenvalue weighted by Crippen LogP contribution is -2.48. The molecule has 1 aliphatic rings. The first-order chi connectivity index (χ1) is 8.10. The van der Waals surface area contributed by atoms with Crippen molar-refractivity contribution in [2.75, 3.05) is 33.7 Å². The third-order valence-electron chi connectivity index (χ3n) is 4.18. The molecule has 3 heteroatoms. The molecule has 1 N–H and O–H groups in total. The molecule has 1 aliphatic heterocycles. The van der Waals surface area contributed by atoms with Crippen LogP contribution in [-0.2, 0) is 0 Å². The summed E-state index contributed by atoms with van der Waals surface area (Å²) in [5.41, 5.74) is 0. The zero-order valence-corrected chi connectivity index (χ0v) is 12.4. The van der Waals surface area contributed by atoms with E-state index in [-0.39, 0.29) is 0 Å². The summed E-state index contributed by atoms with van der Waals surface area (Å²) in [5.74, 6) is 0. The summed E-state index contributed by atoms with van der Waals surface area (Å²) < 4.78 is 0. The Kier molecular flexibility index (Phi) is 6.45. The Labute approximate surface area is 108 Å². The van der Waals surface area contributed by atoms with Crippen molar-refractivity contribution in [2.45, 2.75) is 58.2 Å². The monoisotopic (exact) mass is 241 g/mol. The number of likely N-dealkylation sites (N-methyl/N-ethyl adjacent to an activating group) is 1. The fourth-order valence-electron chi connectivity index (χ4n) is 2.80. The van der Waals surface area contributed by atoms with E-state index < -0.39 is 0 Å². The van der Waals surface area contributed by atoms with Gasteiger partial charge in [0.05, 0.1) is 0 Å². The quantitative estimate of drug-likeness (QED) is 0.733. The van der Waals surface area contributed by atoms with E-state index in [1.165, 1.54) is 32.4 Å². The second-order valence-electron chi connectivity index (χ2n) is 5.61. The van der Waals surface area contributed by atoms with Crippen LogP contribution >= 0.6 is 0 Å². The normalized spacial score (nSPS) is 25.4. The summed E-state index contributed by atoms with van der Waals surface area (Å²) in [6, 6.07) is 2.06. The van der Waals surface area contributed by atoms with E-state index in [1.54, 1.807) is 0 Å². The third-order valence-corrected chi connectivity index (χ3v) is 4.18. The molecule has 0 aromatic rings. The molecule has 0 radical (unpaired) electrons. The average Bonchev–Trinajstić information content (AvgIpc) is 2.79. The molecule has 17 heavy (non-hydrogen) atoms. The van der Waals surface area contributed by atoms with E-state index in [4.69, 9.17) is 0 Å². The standard InChI is InChI=1S/C14H31N3/c1-6-9-15-14(7-2)12(3)17-10-8-13(11-17)16(4)5/h12-15H,6-11H2,1-5H3. The fourth-order valence-corrected chi connectivity index (χ4v) is 2.80. The highest BCUT2D eigenvalue weighted by Gasteiger charge is 2.30. The maximum atomic E-state index is 3.68. The molecule has 0 aliphatic carbocycles. The molecular weight excluding hydrogens is 210 g/mol. The minimum absolute atomic E-state index is 0.649. The lowest BCUT2D eigenvalue weighted by atomic mass is 10.1. The zero-order chi connectivity index (χ0) is 12.8. The molecule has 0 amide bonds. The molecule has 3 atom stereocenters. The summed E-state index contributed by atoms with van der Waals surface area (Å²) >= 11 is 0. The molecular formula is C14H31N3. The number of rotatable bonds is 7. The van der Waals surface area contributed by atoms with E-state index in [0.29, 0.717) is 12.1 Å². The van der Waals surface area contributed by atoms with Gasteiger partial charge < -0.3 is 10.2 Å². The van der Waals surface area contributed by atoms with E-state index in [2.05, 4.69) is 50.0 Å². The molecule has 1 heterocycles. The Balaban J connectivity index is 2.43. The Hall–Kier alpha value is -0.120. The van der Waals surface area contributed by atoms with Crippen LogP contribution in [0.15, 0.2) is 0 Å². The maximum absolute atomic E-state index is 3.68. The lowest BCUT2D eigenvalue weighted by Gasteiger charge is -2.32. The van der Waals surface area contributed by atoms with Crippen molar-refractivity contribution < 1.29 is 0 Å². The van der Waals surface area contributed by atoms with Crippen molar-refractivity contribution in [1.82, 2.24) is 15.1 Å². The molecule has 3 unspecified atom stereocenters. The average molecular weight is 241 g/mol. The van der Waals surface area contributed by atoms with Gasteiger partial charge in [0.25, 0.3) is 0 Å². The van der Waals surface area contributed by atoms with Gasteiger partial charge in [-0.25, -0.2) is 0 Å². The van der Waals surface area contributed by atoms with Crippen LogP contribution < -0.4 is 5.32 Å². The summed E-state index contributed by atoms with van der Waals surface area (Å²) in [5, 5.41) is 3.68. The minimum Gasteiger partial charge on any atom is -0.312 e. The summed E-state index contributed by atoms with van der Waals surface area (Å²) in [7, 11) is 4.40. The first-order valence-electron chi connectivity index (χ1n) is 7.24. The van der Waals surface area contributed by atoms with E-state index >= 15 is 0 Å². The van der Waals surface area contributed by atoms with Crippen LogP contribution in [-0.4, -0.2) is 61.7 Å². The van der Waals surface area contributed by atoms with Crippen LogP contribution in [0.1, 0.15) is 40.0 Å². The smallest absolute Gasteiger partial charge is 0.0229 e. The predicted octanol–water partition coefficient (Wildman–Crippen LogP) is 1.79. The molecule has 0 bridgehead atoms. The molecule has 1 rings (SSSR count). The lowest BCUT2D eigenvalue weighted by molar-refractivity contribution is 0.185. The SMILES string of the molecule is CCCNC(CC)C(C)N1CCC(N(C)C)C1. The van der Waals surface area contributed by atoms with Crippen molar-refractivity contribution in [2.24, 2.45) is 0 Å². The van der Waals surface area contributed by atoms with Crippen LogP contribution in [0.3, 0.4) is 0 Å². The van der Waals surface area contributed by atoms with Crippen molar-refractivity contribution >= 4 is 0 Å². The molecule has 1 fully saturated rings. The van der Waals surface area contributed by atoms with Gasteiger partial charge in [-0.15, -0.1) is 0 Å². The number of likely N-dealkylation sites (tertiary alicyclic amines) is 1. The van der Waals surface area contributed by atoms with Crippen molar-refractivity contribution in [3.63, 3.8) is 0 Å². The zero-order valence-electron chi connectivity index (χ0n) is 12.4. The van der Waals surface area contributed by atoms with Crippen LogP contribution in [0.25, 0.3) is 0 Å². The highest BCUT2D eigenvalue weighted by atomic mass is 15.3. The molecule has 0 aromatic carbocycles. The Bertz CT molecular complexity index is 206. The van der Waals surface area contributed by atoms with Crippen molar-refractivity contribution in [1.29, 1.82) is 0 Å². The minimum atomic E-state index is 0.649. The van der Waals surface area contributed by atoms with Gasteiger partial charge in [-0.05, 0) is 46.8 Å². The summed E-state index contributed by atoms with van der Waals surface area (Å²) in [4.78, 5) is 5.02. The van der Waals surface area contributed by atoms with E-state index in [1.807, 2.05) is 0 Å². The van der Waals surface area contributed by atoms with Crippen molar-refractivity contribution in [3.8, 4) is 0 Å². The first kappa shape index (κ1) is 14.9. The predicted molar refractivity (Wildman–Crippen MR) is 75.5 cm³/mol. The van der Waals surface area contributed by atoms with E-state index in [0.717, 1.165) is 12.6 Å². The molecule has 0 spiro atoms. The van der Waals surface area contributed by atoms with Gasteiger partial charge in [-0.1, -0.05) is 13.8 Å². The van der Waals surface area contributed by atoms with Gasteiger partial charge in [0.1, 0.15) is 0 Å². The highest BCUT2D eigenvalue weighted by Crippen LogP contribution is 2.18. The maximum Gasteiger partial charge on any atom is 0.0229 e. The van der Waals surface area contributed by atoms with E-state index in [9.17, 15) is 0 Å². The van der Waals surface area contributed by atoms with Gasteiger partial charge in [-0.2, -0.15) is 0 Å². The van der Waals surface area contributed by atoms with Crippen molar-refractivity contribution in [3.05, 3.63) is 0 Å². The second kappa shape index (κ2) is 7.34. The largest absolute Gasteiger partial charge is 0.312 e. The number of hydrogen-bond acceptors (Lipinski definition) is 3. The van der Waals surface area contributed by atoms with Gasteiger partial charge in [-0.3, -0.25) is 4.90 Å². The number of hydrogen-bond donors (Lipinski definition) is 1. The summed E-state index contributed by atoms with van der Waals surface area (Å²) in [6.45, 7) is 10.6. The van der Waals surface area contributed by atoms with Crippen LogP contribution in [0, 0.1) is 0 Å². The van der Waals surface area contributed by atoms with Gasteiger partial charge in [0.2, 0.25) is 0 Å². The molecule has 0 aromatic heterocycles.